The highest BCUT2D eigenvalue weighted by atomic mass is 19.1. The highest BCUT2D eigenvalue weighted by Gasteiger charge is 2.17. The van der Waals surface area contributed by atoms with Gasteiger partial charge < -0.3 is 10.6 Å². The molecule has 5 heteroatoms. The molecule has 0 spiro atoms. The third kappa shape index (κ3) is 2.23. The summed E-state index contributed by atoms with van der Waals surface area (Å²) in [7, 11) is 0. The Labute approximate surface area is 111 Å². The molecule has 4 nitrogen and oxygen atoms in total. The summed E-state index contributed by atoms with van der Waals surface area (Å²) >= 11 is 0. The van der Waals surface area contributed by atoms with Gasteiger partial charge in [-0.25, -0.2) is 9.37 Å². The zero-order valence-corrected chi connectivity index (χ0v) is 10.5. The minimum absolute atomic E-state index is 0.313. The number of nitrogens with zero attached hydrogens (tertiary/aromatic N) is 3. The van der Waals surface area contributed by atoms with Crippen molar-refractivity contribution in [2.45, 2.75) is 12.8 Å². The summed E-state index contributed by atoms with van der Waals surface area (Å²) in [4.78, 5) is 10.7. The Balaban J connectivity index is 1.98. The number of aromatic nitrogens is 2. The fourth-order valence-electron chi connectivity index (χ4n) is 2.34. The highest BCUT2D eigenvalue weighted by molar-refractivity contribution is 5.74. The highest BCUT2D eigenvalue weighted by Crippen LogP contribution is 2.28. The summed E-state index contributed by atoms with van der Waals surface area (Å²) in [6.07, 6.45) is 3.91. The molecule has 2 aromatic rings. The Morgan fingerprint density at radius 3 is 2.53 bits per heavy atom. The molecule has 1 aromatic carbocycles. The Hall–Kier alpha value is -2.17. The molecular formula is C14H15FN4. The van der Waals surface area contributed by atoms with E-state index in [2.05, 4.69) is 14.9 Å². The zero-order chi connectivity index (χ0) is 13.2. The van der Waals surface area contributed by atoms with Crippen LogP contribution in [0.5, 0.6) is 0 Å². The second kappa shape index (κ2) is 4.84. The van der Waals surface area contributed by atoms with Crippen LogP contribution in [0.25, 0.3) is 11.1 Å². The first-order valence-corrected chi connectivity index (χ1v) is 6.38. The largest absolute Gasteiger partial charge is 0.383 e. The average molecular weight is 258 g/mol. The van der Waals surface area contributed by atoms with Crippen LogP contribution in [0.3, 0.4) is 0 Å². The molecule has 0 bridgehead atoms. The van der Waals surface area contributed by atoms with Gasteiger partial charge in [0, 0.05) is 30.4 Å². The summed E-state index contributed by atoms with van der Waals surface area (Å²) in [5.74, 6) is 0.642. The summed E-state index contributed by atoms with van der Waals surface area (Å²) in [5, 5.41) is 0. The van der Waals surface area contributed by atoms with Gasteiger partial charge in [0.05, 0.1) is 0 Å². The average Bonchev–Trinajstić information content (AvgIpc) is 2.94. The van der Waals surface area contributed by atoms with E-state index in [1.807, 2.05) is 0 Å². The van der Waals surface area contributed by atoms with Crippen molar-refractivity contribution in [3.63, 3.8) is 0 Å². The predicted octanol–water partition coefficient (Wildman–Crippen LogP) is 2.47. The van der Waals surface area contributed by atoms with Crippen LogP contribution < -0.4 is 10.6 Å². The monoisotopic (exact) mass is 258 g/mol. The Morgan fingerprint density at radius 1 is 1.11 bits per heavy atom. The van der Waals surface area contributed by atoms with E-state index in [0.29, 0.717) is 22.9 Å². The van der Waals surface area contributed by atoms with Gasteiger partial charge in [0.25, 0.3) is 0 Å². The van der Waals surface area contributed by atoms with Crippen molar-refractivity contribution in [2.75, 3.05) is 23.7 Å². The van der Waals surface area contributed by atoms with E-state index in [-0.39, 0.29) is 5.82 Å². The lowest BCUT2D eigenvalue weighted by Crippen LogP contribution is -2.20. The van der Waals surface area contributed by atoms with Gasteiger partial charge >= 0.3 is 0 Å². The molecule has 1 saturated heterocycles. The standard InChI is InChI=1S/C14H15FN4/c15-12-6-2-1-5-10(12)11-9-17-14(18-13(11)16)19-7-3-4-8-19/h1-2,5-6,9H,3-4,7-8H2,(H2,16,17,18). The van der Waals surface area contributed by atoms with E-state index < -0.39 is 0 Å². The molecule has 0 unspecified atom stereocenters. The summed E-state index contributed by atoms with van der Waals surface area (Å²) in [5.41, 5.74) is 6.93. The molecule has 1 aliphatic rings. The topological polar surface area (TPSA) is 55.0 Å². The molecule has 1 fully saturated rings. The van der Waals surface area contributed by atoms with Crippen LogP contribution in [0, 0.1) is 5.82 Å². The minimum Gasteiger partial charge on any atom is -0.383 e. The second-order valence-corrected chi connectivity index (χ2v) is 4.64. The predicted molar refractivity (Wildman–Crippen MR) is 73.3 cm³/mol. The summed E-state index contributed by atoms with van der Waals surface area (Å²) < 4.78 is 13.7. The van der Waals surface area contributed by atoms with Gasteiger partial charge in [-0.2, -0.15) is 4.98 Å². The van der Waals surface area contributed by atoms with Crippen molar-refractivity contribution in [1.29, 1.82) is 0 Å². The maximum absolute atomic E-state index is 13.7. The van der Waals surface area contributed by atoms with E-state index in [1.54, 1.807) is 24.4 Å². The first kappa shape index (κ1) is 11.9. The molecule has 0 saturated carbocycles. The number of nitrogens with two attached hydrogens (primary N) is 1. The molecule has 98 valence electrons. The molecule has 0 radical (unpaired) electrons. The van der Waals surface area contributed by atoms with Crippen molar-refractivity contribution >= 4 is 11.8 Å². The van der Waals surface area contributed by atoms with Crippen LogP contribution in [0.2, 0.25) is 0 Å². The van der Waals surface area contributed by atoms with Crippen molar-refractivity contribution in [3.05, 3.63) is 36.3 Å². The van der Waals surface area contributed by atoms with Crippen molar-refractivity contribution in [1.82, 2.24) is 9.97 Å². The second-order valence-electron chi connectivity index (χ2n) is 4.64. The molecule has 0 aliphatic carbocycles. The summed E-state index contributed by atoms with van der Waals surface area (Å²) in [6.45, 7) is 1.91. The van der Waals surface area contributed by atoms with Crippen LogP contribution in [0.15, 0.2) is 30.5 Å². The smallest absolute Gasteiger partial charge is 0.227 e. The van der Waals surface area contributed by atoms with Gasteiger partial charge in [0.2, 0.25) is 5.95 Å². The molecule has 0 atom stereocenters. The van der Waals surface area contributed by atoms with Crippen LogP contribution in [-0.2, 0) is 0 Å². The number of benzene rings is 1. The minimum atomic E-state index is -0.313. The van der Waals surface area contributed by atoms with Gasteiger partial charge in [0.1, 0.15) is 11.6 Å². The zero-order valence-electron chi connectivity index (χ0n) is 10.5. The molecule has 1 aliphatic heterocycles. The third-order valence-corrected chi connectivity index (χ3v) is 3.36. The molecule has 2 heterocycles. The van der Waals surface area contributed by atoms with E-state index in [1.165, 1.54) is 6.07 Å². The maximum Gasteiger partial charge on any atom is 0.227 e. The lowest BCUT2D eigenvalue weighted by atomic mass is 10.1. The van der Waals surface area contributed by atoms with Gasteiger partial charge in [-0.1, -0.05) is 18.2 Å². The SMILES string of the molecule is Nc1nc(N2CCCC2)ncc1-c1ccccc1F. The first-order chi connectivity index (χ1) is 9.25. The molecular weight excluding hydrogens is 243 g/mol. The van der Waals surface area contributed by atoms with E-state index >= 15 is 0 Å². The van der Waals surface area contributed by atoms with Crippen LogP contribution in [0.1, 0.15) is 12.8 Å². The van der Waals surface area contributed by atoms with E-state index in [4.69, 9.17) is 5.73 Å². The van der Waals surface area contributed by atoms with Gasteiger partial charge in [-0.3, -0.25) is 0 Å². The van der Waals surface area contributed by atoms with Crippen LogP contribution >= 0.6 is 0 Å². The van der Waals surface area contributed by atoms with Crippen molar-refractivity contribution in [3.8, 4) is 11.1 Å². The molecule has 19 heavy (non-hydrogen) atoms. The third-order valence-electron chi connectivity index (χ3n) is 3.36. The number of halogens is 1. The Bertz CT molecular complexity index is 594. The summed E-state index contributed by atoms with van der Waals surface area (Å²) in [6, 6.07) is 6.50. The van der Waals surface area contributed by atoms with E-state index in [0.717, 1.165) is 25.9 Å². The quantitative estimate of drug-likeness (QED) is 0.899. The number of hydrogen-bond acceptors (Lipinski definition) is 4. The van der Waals surface area contributed by atoms with Crippen LogP contribution in [0.4, 0.5) is 16.2 Å². The Kier molecular flexibility index (Phi) is 3.03. The molecule has 2 N–H and O–H groups in total. The lowest BCUT2D eigenvalue weighted by Gasteiger charge is -2.16. The molecule has 0 amide bonds. The number of hydrogen-bond donors (Lipinski definition) is 1. The molecule has 1 aromatic heterocycles. The fourth-order valence-corrected chi connectivity index (χ4v) is 2.34. The van der Waals surface area contributed by atoms with Gasteiger partial charge in [-0.15, -0.1) is 0 Å². The van der Waals surface area contributed by atoms with Crippen LogP contribution in [-0.4, -0.2) is 23.1 Å². The van der Waals surface area contributed by atoms with Gasteiger partial charge in [0.15, 0.2) is 0 Å². The van der Waals surface area contributed by atoms with Gasteiger partial charge in [-0.05, 0) is 18.9 Å². The Morgan fingerprint density at radius 2 is 1.84 bits per heavy atom. The number of anilines is 2. The number of nitrogen functional groups attached to an aromatic ring is 1. The maximum atomic E-state index is 13.7. The van der Waals surface area contributed by atoms with E-state index in [9.17, 15) is 4.39 Å². The fraction of sp³-hybridized carbons (Fsp3) is 0.286. The van der Waals surface area contributed by atoms with Crippen molar-refractivity contribution in [2.24, 2.45) is 0 Å². The van der Waals surface area contributed by atoms with Crippen molar-refractivity contribution < 1.29 is 4.39 Å². The first-order valence-electron chi connectivity index (χ1n) is 6.38. The molecule has 3 rings (SSSR count). The normalized spacial score (nSPS) is 14.9. The lowest BCUT2D eigenvalue weighted by molar-refractivity contribution is 0.631. The number of rotatable bonds is 2.